The van der Waals surface area contributed by atoms with Gasteiger partial charge in [0.2, 0.25) is 0 Å². The first-order chi connectivity index (χ1) is 9.05. The minimum atomic E-state index is -0.592. The van der Waals surface area contributed by atoms with Crippen LogP contribution >= 0.6 is 34.5 Å². The van der Waals surface area contributed by atoms with Crippen molar-refractivity contribution in [3.8, 4) is 0 Å². The molecule has 0 bridgehead atoms. The Balaban J connectivity index is 2.21. The van der Waals surface area contributed by atoms with Gasteiger partial charge in [-0.2, -0.15) is 0 Å². The second-order valence-electron chi connectivity index (χ2n) is 4.55. The highest BCUT2D eigenvalue weighted by atomic mass is 35.5. The number of thiophene rings is 1. The summed E-state index contributed by atoms with van der Waals surface area (Å²) in [7, 11) is 0. The van der Waals surface area contributed by atoms with E-state index in [-0.39, 0.29) is 6.61 Å². The summed E-state index contributed by atoms with van der Waals surface area (Å²) in [6.07, 6.45) is 0. The van der Waals surface area contributed by atoms with Gasteiger partial charge in [-0.25, -0.2) is 0 Å². The maximum Gasteiger partial charge on any atom is 0.0657 e. The lowest BCUT2D eigenvalue weighted by atomic mass is 9.92. The molecule has 1 unspecified atom stereocenters. The van der Waals surface area contributed by atoms with E-state index in [1.165, 1.54) is 4.88 Å². The number of aliphatic hydroxyl groups is 1. The minimum Gasteiger partial charge on any atom is -0.394 e. The molecule has 0 spiro atoms. The van der Waals surface area contributed by atoms with Crippen LogP contribution < -0.4 is 5.32 Å². The quantitative estimate of drug-likeness (QED) is 0.872. The zero-order valence-electron chi connectivity index (χ0n) is 10.5. The van der Waals surface area contributed by atoms with Crippen LogP contribution in [0.2, 0.25) is 10.0 Å². The van der Waals surface area contributed by atoms with E-state index in [1.54, 1.807) is 23.5 Å². The summed E-state index contributed by atoms with van der Waals surface area (Å²) in [5.41, 5.74) is 0.253. The van der Waals surface area contributed by atoms with Crippen LogP contribution in [0.4, 0.5) is 0 Å². The van der Waals surface area contributed by atoms with E-state index in [9.17, 15) is 5.11 Å². The van der Waals surface area contributed by atoms with E-state index in [2.05, 4.69) is 11.4 Å². The number of hydrogen-bond donors (Lipinski definition) is 2. The monoisotopic (exact) mass is 315 g/mol. The molecule has 0 aliphatic heterocycles. The molecule has 19 heavy (non-hydrogen) atoms. The normalized spacial score (nSPS) is 14.3. The lowest BCUT2D eigenvalue weighted by molar-refractivity contribution is 0.174. The van der Waals surface area contributed by atoms with Gasteiger partial charge in [0, 0.05) is 21.5 Å². The molecule has 0 saturated heterocycles. The Hall–Kier alpha value is -0.580. The first-order valence-corrected chi connectivity index (χ1v) is 7.52. The van der Waals surface area contributed by atoms with Gasteiger partial charge in [-0.3, -0.25) is 0 Å². The highest BCUT2D eigenvalue weighted by molar-refractivity contribution is 7.09. The molecule has 0 aliphatic rings. The van der Waals surface area contributed by atoms with E-state index < -0.39 is 5.54 Å². The molecule has 0 amide bonds. The van der Waals surface area contributed by atoms with Crippen molar-refractivity contribution in [1.82, 2.24) is 5.32 Å². The molecule has 0 fully saturated rings. The van der Waals surface area contributed by atoms with Gasteiger partial charge in [-0.15, -0.1) is 11.3 Å². The van der Waals surface area contributed by atoms with Gasteiger partial charge in [0.05, 0.1) is 12.1 Å². The van der Waals surface area contributed by atoms with Crippen molar-refractivity contribution >= 4 is 34.5 Å². The molecule has 2 aromatic rings. The second kappa shape index (κ2) is 6.25. The smallest absolute Gasteiger partial charge is 0.0657 e. The molecular weight excluding hydrogens is 301 g/mol. The molecule has 1 atom stereocenters. The molecule has 0 saturated carbocycles. The maximum atomic E-state index is 9.71. The van der Waals surface area contributed by atoms with Gasteiger partial charge in [0.25, 0.3) is 0 Å². The number of benzene rings is 1. The summed E-state index contributed by atoms with van der Waals surface area (Å²) in [5.74, 6) is 0. The van der Waals surface area contributed by atoms with E-state index in [4.69, 9.17) is 23.2 Å². The zero-order chi connectivity index (χ0) is 13.9. The van der Waals surface area contributed by atoms with Crippen molar-refractivity contribution in [2.45, 2.75) is 19.0 Å². The number of aliphatic hydroxyl groups excluding tert-OH is 1. The van der Waals surface area contributed by atoms with Crippen LogP contribution in [0.3, 0.4) is 0 Å². The first-order valence-electron chi connectivity index (χ1n) is 5.89. The van der Waals surface area contributed by atoms with Crippen molar-refractivity contribution in [1.29, 1.82) is 0 Å². The Kier molecular flexibility index (Phi) is 4.87. The van der Waals surface area contributed by atoms with Crippen LogP contribution in [-0.4, -0.2) is 11.7 Å². The van der Waals surface area contributed by atoms with Crippen LogP contribution in [0.25, 0.3) is 0 Å². The molecular formula is C14H15Cl2NOS. The van der Waals surface area contributed by atoms with Gasteiger partial charge in [-0.05, 0) is 36.1 Å². The Labute approximate surface area is 127 Å². The van der Waals surface area contributed by atoms with Crippen LogP contribution in [0, 0.1) is 0 Å². The summed E-state index contributed by atoms with van der Waals surface area (Å²) in [6, 6.07) is 9.39. The third-order valence-corrected chi connectivity index (χ3v) is 4.50. The summed E-state index contributed by atoms with van der Waals surface area (Å²) < 4.78 is 0. The Morgan fingerprint density at radius 3 is 2.68 bits per heavy atom. The minimum absolute atomic E-state index is 0.0419. The predicted octanol–water partition coefficient (Wildman–Crippen LogP) is 4.05. The fourth-order valence-corrected chi connectivity index (χ4v) is 3.13. The van der Waals surface area contributed by atoms with Gasteiger partial charge >= 0.3 is 0 Å². The van der Waals surface area contributed by atoms with E-state index in [0.717, 1.165) is 5.56 Å². The molecule has 5 heteroatoms. The highest BCUT2D eigenvalue weighted by Gasteiger charge is 2.27. The zero-order valence-corrected chi connectivity index (χ0v) is 12.8. The van der Waals surface area contributed by atoms with E-state index in [0.29, 0.717) is 16.6 Å². The van der Waals surface area contributed by atoms with Crippen molar-refractivity contribution in [3.63, 3.8) is 0 Å². The Bertz CT molecular complexity index is 544. The number of hydrogen-bond acceptors (Lipinski definition) is 3. The van der Waals surface area contributed by atoms with Crippen molar-refractivity contribution in [2.75, 3.05) is 6.61 Å². The molecule has 2 nitrogen and oxygen atoms in total. The fraction of sp³-hybridized carbons (Fsp3) is 0.286. The molecule has 1 aromatic heterocycles. The van der Waals surface area contributed by atoms with Crippen LogP contribution in [0.5, 0.6) is 0 Å². The van der Waals surface area contributed by atoms with Crippen LogP contribution in [0.1, 0.15) is 17.4 Å². The first kappa shape index (κ1) is 14.8. The number of halogens is 2. The van der Waals surface area contributed by atoms with Crippen LogP contribution in [-0.2, 0) is 12.1 Å². The lowest BCUT2D eigenvalue weighted by Gasteiger charge is -2.30. The Morgan fingerprint density at radius 1 is 1.32 bits per heavy atom. The second-order valence-corrected chi connectivity index (χ2v) is 6.42. The van der Waals surface area contributed by atoms with Crippen molar-refractivity contribution < 1.29 is 5.11 Å². The molecule has 1 heterocycles. The molecule has 0 aliphatic carbocycles. The number of nitrogens with one attached hydrogen (secondary N) is 1. The van der Waals surface area contributed by atoms with Gasteiger partial charge in [-0.1, -0.05) is 35.3 Å². The van der Waals surface area contributed by atoms with Gasteiger partial charge in [0.15, 0.2) is 0 Å². The average molecular weight is 316 g/mol. The lowest BCUT2D eigenvalue weighted by Crippen LogP contribution is -2.42. The summed E-state index contributed by atoms with van der Waals surface area (Å²) in [6.45, 7) is 2.57. The van der Waals surface area contributed by atoms with E-state index >= 15 is 0 Å². The molecule has 102 valence electrons. The standard InChI is InChI=1S/C14H15Cl2NOS/c1-14(9-18,17-8-11-3-2-6-19-11)12-5-4-10(15)7-13(12)16/h2-7,17-18H,8-9H2,1H3. The third kappa shape index (κ3) is 3.50. The summed E-state index contributed by atoms with van der Waals surface area (Å²) in [4.78, 5) is 1.21. The Morgan fingerprint density at radius 2 is 2.11 bits per heavy atom. The average Bonchev–Trinajstić information content (AvgIpc) is 2.89. The molecule has 0 radical (unpaired) electrons. The maximum absolute atomic E-state index is 9.71. The largest absolute Gasteiger partial charge is 0.394 e. The molecule has 2 N–H and O–H groups in total. The van der Waals surface area contributed by atoms with E-state index in [1.807, 2.05) is 24.4 Å². The molecule has 2 rings (SSSR count). The van der Waals surface area contributed by atoms with Crippen molar-refractivity contribution in [3.05, 3.63) is 56.2 Å². The van der Waals surface area contributed by atoms with Gasteiger partial charge < -0.3 is 10.4 Å². The van der Waals surface area contributed by atoms with Gasteiger partial charge in [0.1, 0.15) is 0 Å². The predicted molar refractivity (Wildman–Crippen MR) is 82.1 cm³/mol. The highest BCUT2D eigenvalue weighted by Crippen LogP contribution is 2.30. The van der Waals surface area contributed by atoms with Crippen molar-refractivity contribution in [2.24, 2.45) is 0 Å². The topological polar surface area (TPSA) is 32.3 Å². The fourth-order valence-electron chi connectivity index (χ4n) is 1.87. The SMILES string of the molecule is CC(CO)(NCc1cccs1)c1ccc(Cl)cc1Cl. The van der Waals surface area contributed by atoms with Crippen LogP contribution in [0.15, 0.2) is 35.7 Å². The number of rotatable bonds is 5. The summed E-state index contributed by atoms with van der Waals surface area (Å²) >= 11 is 13.8. The third-order valence-electron chi connectivity index (χ3n) is 3.07. The molecule has 1 aromatic carbocycles. The summed E-state index contributed by atoms with van der Waals surface area (Å²) in [5, 5.41) is 16.2.